The molecule has 1 amide bonds. The van der Waals surface area contributed by atoms with Gasteiger partial charge in [0.2, 0.25) is 5.91 Å². The van der Waals surface area contributed by atoms with Crippen LogP contribution in [0.15, 0.2) is 24.3 Å². The lowest BCUT2D eigenvalue weighted by Gasteiger charge is -2.13. The van der Waals surface area contributed by atoms with Gasteiger partial charge >= 0.3 is 0 Å². The van der Waals surface area contributed by atoms with E-state index < -0.39 is 6.10 Å². The molecule has 0 aromatic heterocycles. The van der Waals surface area contributed by atoms with Crippen molar-refractivity contribution in [2.75, 3.05) is 5.32 Å². The van der Waals surface area contributed by atoms with Gasteiger partial charge in [-0.3, -0.25) is 4.79 Å². The highest BCUT2D eigenvalue weighted by molar-refractivity contribution is 5.91. The molecule has 0 aliphatic rings. The lowest BCUT2D eigenvalue weighted by Crippen LogP contribution is -2.23. The van der Waals surface area contributed by atoms with Gasteiger partial charge in [0.25, 0.3) is 0 Å². The van der Waals surface area contributed by atoms with Gasteiger partial charge in [-0.05, 0) is 30.2 Å². The summed E-state index contributed by atoms with van der Waals surface area (Å²) in [6, 6.07) is 6.20. The van der Waals surface area contributed by atoms with Crippen molar-refractivity contribution in [2.45, 2.75) is 26.4 Å². The van der Waals surface area contributed by atoms with E-state index in [2.05, 4.69) is 5.32 Å². The Bertz CT molecular complexity index is 346. The molecule has 88 valence electrons. The molecule has 3 N–H and O–H groups in total. The maximum atomic E-state index is 11.5. The van der Waals surface area contributed by atoms with Crippen LogP contribution in [-0.4, -0.2) is 22.2 Å². The van der Waals surface area contributed by atoms with Crippen molar-refractivity contribution in [1.29, 1.82) is 0 Å². The number of benzene rings is 1. The molecule has 1 aromatic rings. The first kappa shape index (κ1) is 12.5. The normalized spacial score (nSPS) is 12.5. The van der Waals surface area contributed by atoms with E-state index in [0.717, 1.165) is 0 Å². The van der Waals surface area contributed by atoms with Crippen LogP contribution in [0.3, 0.4) is 0 Å². The van der Waals surface area contributed by atoms with Gasteiger partial charge in [0.15, 0.2) is 0 Å². The number of aromatic hydroxyl groups is 1. The molecule has 1 atom stereocenters. The van der Waals surface area contributed by atoms with Crippen molar-refractivity contribution >= 4 is 11.6 Å². The van der Waals surface area contributed by atoms with E-state index in [9.17, 15) is 9.90 Å². The third-order valence-corrected chi connectivity index (χ3v) is 2.32. The molecule has 0 heterocycles. The third-order valence-electron chi connectivity index (χ3n) is 2.32. The second-order valence-electron chi connectivity index (χ2n) is 4.11. The number of aliphatic hydroxyl groups excluding tert-OH is 1. The van der Waals surface area contributed by atoms with Crippen LogP contribution in [0.4, 0.5) is 5.69 Å². The fraction of sp³-hybridized carbons (Fsp3) is 0.417. The number of aliphatic hydroxyl groups is 1. The molecule has 0 spiro atoms. The van der Waals surface area contributed by atoms with Gasteiger partial charge in [-0.1, -0.05) is 13.8 Å². The summed E-state index contributed by atoms with van der Waals surface area (Å²) in [5, 5.41) is 21.2. The number of hydrogen-bond acceptors (Lipinski definition) is 3. The monoisotopic (exact) mass is 223 g/mol. The van der Waals surface area contributed by atoms with Crippen molar-refractivity contribution in [3.8, 4) is 5.75 Å². The van der Waals surface area contributed by atoms with Crippen molar-refractivity contribution in [3.05, 3.63) is 24.3 Å². The van der Waals surface area contributed by atoms with Crippen LogP contribution in [0.2, 0.25) is 0 Å². The van der Waals surface area contributed by atoms with Crippen molar-refractivity contribution in [1.82, 2.24) is 0 Å². The van der Waals surface area contributed by atoms with Gasteiger partial charge in [0, 0.05) is 5.69 Å². The molecule has 0 aliphatic heterocycles. The number of carbonyl (C=O) groups is 1. The Hall–Kier alpha value is -1.55. The highest BCUT2D eigenvalue weighted by atomic mass is 16.3. The summed E-state index contributed by atoms with van der Waals surface area (Å²) in [5.41, 5.74) is 0.610. The van der Waals surface area contributed by atoms with Gasteiger partial charge < -0.3 is 15.5 Å². The van der Waals surface area contributed by atoms with Crippen LogP contribution in [-0.2, 0) is 4.79 Å². The van der Waals surface area contributed by atoms with Crippen LogP contribution in [0.25, 0.3) is 0 Å². The quantitative estimate of drug-likeness (QED) is 0.681. The van der Waals surface area contributed by atoms with E-state index in [1.807, 2.05) is 13.8 Å². The highest BCUT2D eigenvalue weighted by Gasteiger charge is 2.14. The van der Waals surface area contributed by atoms with E-state index >= 15 is 0 Å². The summed E-state index contributed by atoms with van der Waals surface area (Å²) < 4.78 is 0. The minimum Gasteiger partial charge on any atom is -0.508 e. The number of phenols is 1. The number of rotatable bonds is 4. The topological polar surface area (TPSA) is 69.6 Å². The smallest absolute Gasteiger partial charge is 0.226 e. The molecule has 16 heavy (non-hydrogen) atoms. The van der Waals surface area contributed by atoms with Gasteiger partial charge in [-0.15, -0.1) is 0 Å². The van der Waals surface area contributed by atoms with Gasteiger partial charge in [-0.25, -0.2) is 0 Å². The van der Waals surface area contributed by atoms with Gasteiger partial charge in [0.05, 0.1) is 12.5 Å². The summed E-state index contributed by atoms with van der Waals surface area (Å²) in [4.78, 5) is 11.5. The highest BCUT2D eigenvalue weighted by Crippen LogP contribution is 2.14. The third kappa shape index (κ3) is 3.90. The van der Waals surface area contributed by atoms with Crippen LogP contribution >= 0.6 is 0 Å². The zero-order chi connectivity index (χ0) is 12.1. The molecule has 0 aliphatic carbocycles. The predicted octanol–water partition coefficient (Wildman–Crippen LogP) is 1.74. The van der Waals surface area contributed by atoms with Crippen LogP contribution < -0.4 is 5.32 Å². The lowest BCUT2D eigenvalue weighted by molar-refractivity contribution is -0.118. The van der Waals surface area contributed by atoms with E-state index in [1.165, 1.54) is 12.1 Å². The molecular formula is C12H17NO3. The summed E-state index contributed by atoms with van der Waals surface area (Å²) in [7, 11) is 0. The number of nitrogens with one attached hydrogen (secondary N) is 1. The fourth-order valence-corrected chi connectivity index (χ4v) is 1.18. The Balaban J connectivity index is 2.48. The van der Waals surface area contributed by atoms with Crippen molar-refractivity contribution < 1.29 is 15.0 Å². The van der Waals surface area contributed by atoms with Crippen molar-refractivity contribution in [3.63, 3.8) is 0 Å². The maximum Gasteiger partial charge on any atom is 0.226 e. The summed E-state index contributed by atoms with van der Waals surface area (Å²) in [6.07, 6.45) is -0.546. The second-order valence-corrected chi connectivity index (χ2v) is 4.11. The van der Waals surface area contributed by atoms with Crippen LogP contribution in [0, 0.1) is 5.92 Å². The predicted molar refractivity (Wildman–Crippen MR) is 62.2 cm³/mol. The molecule has 0 saturated heterocycles. The SMILES string of the molecule is CC(C)C(O)CC(=O)Nc1ccc(O)cc1. The molecule has 0 radical (unpaired) electrons. The first-order valence-electron chi connectivity index (χ1n) is 5.26. The molecular weight excluding hydrogens is 206 g/mol. The Morgan fingerprint density at radius 2 is 1.88 bits per heavy atom. The second kappa shape index (κ2) is 5.51. The Kier molecular flexibility index (Phi) is 4.31. The molecule has 4 nitrogen and oxygen atoms in total. The van der Waals surface area contributed by atoms with E-state index in [0.29, 0.717) is 5.69 Å². The summed E-state index contributed by atoms with van der Waals surface area (Å²) >= 11 is 0. The van der Waals surface area contributed by atoms with Gasteiger partial charge in [-0.2, -0.15) is 0 Å². The molecule has 1 unspecified atom stereocenters. The maximum absolute atomic E-state index is 11.5. The number of carbonyl (C=O) groups excluding carboxylic acids is 1. The largest absolute Gasteiger partial charge is 0.508 e. The first-order valence-corrected chi connectivity index (χ1v) is 5.26. The Labute approximate surface area is 94.9 Å². The molecule has 0 fully saturated rings. The van der Waals surface area contributed by atoms with Crippen LogP contribution in [0.1, 0.15) is 20.3 Å². The fourth-order valence-electron chi connectivity index (χ4n) is 1.18. The molecule has 1 rings (SSSR count). The number of phenolic OH excluding ortho intramolecular Hbond substituents is 1. The Morgan fingerprint density at radius 3 is 2.38 bits per heavy atom. The van der Waals surface area contributed by atoms with E-state index in [4.69, 9.17) is 5.11 Å². The Morgan fingerprint density at radius 1 is 1.31 bits per heavy atom. The molecule has 0 bridgehead atoms. The lowest BCUT2D eigenvalue weighted by atomic mass is 10.0. The molecule has 4 heteroatoms. The number of hydrogen-bond donors (Lipinski definition) is 3. The minimum atomic E-state index is -0.628. The zero-order valence-corrected chi connectivity index (χ0v) is 9.47. The average molecular weight is 223 g/mol. The summed E-state index contributed by atoms with van der Waals surface area (Å²) in [5.74, 6) is -0.0160. The van der Waals surface area contributed by atoms with E-state index in [1.54, 1.807) is 12.1 Å². The first-order chi connectivity index (χ1) is 7.49. The average Bonchev–Trinajstić information content (AvgIpc) is 2.21. The van der Waals surface area contributed by atoms with Gasteiger partial charge in [0.1, 0.15) is 5.75 Å². The van der Waals surface area contributed by atoms with Crippen LogP contribution in [0.5, 0.6) is 5.75 Å². The number of anilines is 1. The standard InChI is InChI=1S/C12H17NO3/c1-8(2)11(15)7-12(16)13-9-3-5-10(14)6-4-9/h3-6,8,11,14-15H,7H2,1-2H3,(H,13,16). The van der Waals surface area contributed by atoms with E-state index in [-0.39, 0.29) is 24.0 Å². The van der Waals surface area contributed by atoms with Crippen molar-refractivity contribution in [2.24, 2.45) is 5.92 Å². The summed E-state index contributed by atoms with van der Waals surface area (Å²) in [6.45, 7) is 3.72. The molecule has 0 saturated carbocycles. The molecule has 1 aromatic carbocycles. The number of amides is 1. The zero-order valence-electron chi connectivity index (χ0n) is 9.47. The minimum absolute atomic E-state index is 0.0607.